The van der Waals surface area contributed by atoms with E-state index in [1.165, 1.54) is 0 Å². The van der Waals surface area contributed by atoms with Crippen molar-refractivity contribution in [2.24, 2.45) is 0 Å². The molecule has 3 aromatic rings. The minimum Gasteiger partial charge on any atom is -0.439 e. The van der Waals surface area contributed by atoms with Crippen LogP contribution >= 0.6 is 0 Å². The molecule has 2 fully saturated rings. The van der Waals surface area contributed by atoms with E-state index >= 15 is 0 Å². The zero-order valence-electron chi connectivity index (χ0n) is 18.6. The van der Waals surface area contributed by atoms with Gasteiger partial charge in [-0.3, -0.25) is 19.4 Å². The minimum absolute atomic E-state index is 0.0356. The summed E-state index contributed by atoms with van der Waals surface area (Å²) in [5, 5.41) is 4.51. The van der Waals surface area contributed by atoms with Crippen molar-refractivity contribution in [3.05, 3.63) is 72.7 Å². The molecule has 170 valence electrons. The van der Waals surface area contributed by atoms with Crippen molar-refractivity contribution in [3.8, 4) is 11.3 Å². The van der Waals surface area contributed by atoms with Crippen LogP contribution in [0.2, 0.25) is 0 Å². The molecule has 0 bridgehead atoms. The van der Waals surface area contributed by atoms with Crippen LogP contribution in [0.5, 0.6) is 0 Å². The summed E-state index contributed by atoms with van der Waals surface area (Å²) < 4.78 is 7.38. The first kappa shape index (κ1) is 21.2. The molecule has 2 aliphatic heterocycles. The fraction of sp³-hybridized carbons (Fsp3) is 0.360. The van der Waals surface area contributed by atoms with Gasteiger partial charge in [0.25, 0.3) is 0 Å². The number of aromatic nitrogens is 3. The SMILES string of the molecule is CC1C(c2ccccc2)OC(=O)N1C1CCN(C(=O)Cn2ccc(-c3cccnc3)n2)CC1. The van der Waals surface area contributed by atoms with Gasteiger partial charge in [-0.25, -0.2) is 4.79 Å². The standard InChI is InChI=1S/C25H27N5O3/c1-18-24(19-6-3-2-4-7-19)33-25(32)30(18)21-9-13-28(14-10-21)23(31)17-29-15-11-22(27-29)20-8-5-12-26-16-20/h2-8,11-12,15-16,18,21,24H,9-10,13-14,17H2,1H3. The molecular formula is C25H27N5O3. The number of cyclic esters (lactones) is 1. The second-order valence-corrected chi connectivity index (χ2v) is 8.62. The van der Waals surface area contributed by atoms with E-state index in [0.29, 0.717) is 13.1 Å². The first-order chi connectivity index (χ1) is 16.1. The van der Waals surface area contributed by atoms with E-state index in [9.17, 15) is 9.59 Å². The van der Waals surface area contributed by atoms with E-state index in [2.05, 4.69) is 10.1 Å². The molecule has 0 N–H and O–H groups in total. The van der Waals surface area contributed by atoms with E-state index in [1.807, 2.05) is 71.5 Å². The third-order valence-electron chi connectivity index (χ3n) is 6.55. The number of carbonyl (C=O) groups is 2. The number of amides is 2. The lowest BCUT2D eigenvalue weighted by molar-refractivity contribution is -0.133. The summed E-state index contributed by atoms with van der Waals surface area (Å²) in [7, 11) is 0. The van der Waals surface area contributed by atoms with Gasteiger partial charge in [0.2, 0.25) is 5.91 Å². The Labute approximate surface area is 192 Å². The molecule has 2 amide bonds. The van der Waals surface area contributed by atoms with Crippen molar-refractivity contribution in [1.29, 1.82) is 0 Å². The van der Waals surface area contributed by atoms with E-state index in [0.717, 1.165) is 29.7 Å². The van der Waals surface area contributed by atoms with Crippen LogP contribution in [0.4, 0.5) is 4.79 Å². The number of likely N-dealkylation sites (tertiary alicyclic amines) is 1. The number of hydrogen-bond acceptors (Lipinski definition) is 5. The monoisotopic (exact) mass is 445 g/mol. The molecule has 2 saturated heterocycles. The topological polar surface area (TPSA) is 80.6 Å². The van der Waals surface area contributed by atoms with Gasteiger partial charge >= 0.3 is 6.09 Å². The van der Waals surface area contributed by atoms with Gasteiger partial charge in [-0.05, 0) is 43.5 Å². The van der Waals surface area contributed by atoms with Crippen LogP contribution in [-0.2, 0) is 16.1 Å². The van der Waals surface area contributed by atoms with Gasteiger partial charge in [-0.1, -0.05) is 30.3 Å². The molecule has 5 rings (SSSR count). The number of piperidine rings is 1. The molecule has 1 aromatic carbocycles. The van der Waals surface area contributed by atoms with E-state index in [1.54, 1.807) is 17.1 Å². The molecule has 0 radical (unpaired) electrons. The maximum absolute atomic E-state index is 12.9. The normalized spacial score (nSPS) is 21.3. The highest BCUT2D eigenvalue weighted by atomic mass is 16.6. The Morgan fingerprint density at radius 3 is 2.61 bits per heavy atom. The number of ether oxygens (including phenoxy) is 1. The summed E-state index contributed by atoms with van der Waals surface area (Å²) in [6.07, 6.45) is 6.26. The average Bonchev–Trinajstić information content (AvgIpc) is 3.44. The third-order valence-corrected chi connectivity index (χ3v) is 6.55. The largest absolute Gasteiger partial charge is 0.439 e. The van der Waals surface area contributed by atoms with E-state index < -0.39 is 0 Å². The molecule has 8 nitrogen and oxygen atoms in total. The predicted octanol–water partition coefficient (Wildman–Crippen LogP) is 3.52. The summed E-state index contributed by atoms with van der Waals surface area (Å²) >= 11 is 0. The summed E-state index contributed by atoms with van der Waals surface area (Å²) in [6.45, 7) is 3.47. The van der Waals surface area contributed by atoms with Crippen molar-refractivity contribution < 1.29 is 14.3 Å². The van der Waals surface area contributed by atoms with Gasteiger partial charge in [0.15, 0.2) is 0 Å². The zero-order valence-corrected chi connectivity index (χ0v) is 18.6. The number of carbonyl (C=O) groups excluding carboxylic acids is 2. The van der Waals surface area contributed by atoms with Crippen LogP contribution in [0, 0.1) is 0 Å². The molecule has 0 aliphatic carbocycles. The Bertz CT molecular complexity index is 1110. The van der Waals surface area contributed by atoms with Crippen LogP contribution in [0.1, 0.15) is 31.4 Å². The Morgan fingerprint density at radius 2 is 1.88 bits per heavy atom. The van der Waals surface area contributed by atoms with Crippen molar-refractivity contribution in [1.82, 2.24) is 24.6 Å². The minimum atomic E-state index is -0.263. The Hall–Kier alpha value is -3.68. The fourth-order valence-electron chi connectivity index (χ4n) is 4.80. The number of nitrogens with zero attached hydrogens (tertiary/aromatic N) is 5. The lowest BCUT2D eigenvalue weighted by atomic mass is 9.98. The number of hydrogen-bond donors (Lipinski definition) is 0. The lowest BCUT2D eigenvalue weighted by Crippen LogP contribution is -2.49. The summed E-state index contributed by atoms with van der Waals surface area (Å²) in [5.41, 5.74) is 2.73. The first-order valence-corrected chi connectivity index (χ1v) is 11.4. The highest BCUT2D eigenvalue weighted by Gasteiger charge is 2.44. The molecule has 4 heterocycles. The van der Waals surface area contributed by atoms with E-state index in [4.69, 9.17) is 4.74 Å². The zero-order chi connectivity index (χ0) is 22.8. The van der Waals surface area contributed by atoms with Crippen LogP contribution < -0.4 is 0 Å². The smallest absolute Gasteiger partial charge is 0.411 e. The average molecular weight is 446 g/mol. The van der Waals surface area contributed by atoms with Gasteiger partial charge in [0.05, 0.1) is 11.7 Å². The molecule has 2 aromatic heterocycles. The summed E-state index contributed by atoms with van der Waals surface area (Å²) in [4.78, 5) is 33.4. The second-order valence-electron chi connectivity index (χ2n) is 8.62. The van der Waals surface area contributed by atoms with Crippen LogP contribution in [0.15, 0.2) is 67.1 Å². The quantitative estimate of drug-likeness (QED) is 0.600. The lowest BCUT2D eigenvalue weighted by Gasteiger charge is -2.37. The molecule has 2 atom stereocenters. The van der Waals surface area contributed by atoms with Crippen molar-refractivity contribution in [2.45, 2.75) is 44.5 Å². The molecule has 0 spiro atoms. The van der Waals surface area contributed by atoms with Gasteiger partial charge in [0.1, 0.15) is 12.6 Å². The number of rotatable bonds is 5. The third kappa shape index (κ3) is 4.33. The van der Waals surface area contributed by atoms with Crippen molar-refractivity contribution >= 4 is 12.0 Å². The molecule has 2 unspecified atom stereocenters. The van der Waals surface area contributed by atoms with Gasteiger partial charge in [-0.2, -0.15) is 5.10 Å². The van der Waals surface area contributed by atoms with Crippen molar-refractivity contribution in [2.75, 3.05) is 13.1 Å². The fourth-order valence-corrected chi connectivity index (χ4v) is 4.80. The molecule has 2 aliphatic rings. The van der Waals surface area contributed by atoms with Crippen LogP contribution in [-0.4, -0.2) is 61.7 Å². The number of pyridine rings is 1. The Kier molecular flexibility index (Phi) is 5.81. The predicted molar refractivity (Wildman–Crippen MR) is 122 cm³/mol. The van der Waals surface area contributed by atoms with Gasteiger partial charge in [-0.15, -0.1) is 0 Å². The molecule has 33 heavy (non-hydrogen) atoms. The van der Waals surface area contributed by atoms with Crippen LogP contribution in [0.25, 0.3) is 11.3 Å². The Morgan fingerprint density at radius 1 is 1.09 bits per heavy atom. The highest BCUT2D eigenvalue weighted by Crippen LogP contribution is 2.35. The number of benzene rings is 1. The maximum atomic E-state index is 12.9. The summed E-state index contributed by atoms with van der Waals surface area (Å²) in [5.74, 6) is 0.0356. The van der Waals surface area contributed by atoms with Gasteiger partial charge in [0, 0.05) is 43.3 Å². The van der Waals surface area contributed by atoms with Crippen LogP contribution in [0.3, 0.4) is 0 Å². The summed E-state index contributed by atoms with van der Waals surface area (Å²) in [6, 6.07) is 15.6. The highest BCUT2D eigenvalue weighted by molar-refractivity contribution is 5.76. The molecule has 8 heteroatoms. The maximum Gasteiger partial charge on any atom is 0.411 e. The molecule has 0 saturated carbocycles. The first-order valence-electron chi connectivity index (χ1n) is 11.4. The van der Waals surface area contributed by atoms with Crippen molar-refractivity contribution in [3.63, 3.8) is 0 Å². The Balaban J connectivity index is 1.17. The van der Waals surface area contributed by atoms with Gasteiger partial charge < -0.3 is 9.64 Å². The van der Waals surface area contributed by atoms with E-state index in [-0.39, 0.29) is 36.7 Å². The second kappa shape index (κ2) is 9.05. The molecular weight excluding hydrogens is 418 g/mol.